The van der Waals surface area contributed by atoms with Crippen molar-refractivity contribution in [2.24, 2.45) is 4.99 Å². The molecule has 1 aromatic heterocycles. The van der Waals surface area contributed by atoms with Gasteiger partial charge in [-0.2, -0.15) is 0 Å². The third-order valence-corrected chi connectivity index (χ3v) is 4.42. The lowest BCUT2D eigenvalue weighted by Crippen LogP contribution is -2.20. The van der Waals surface area contributed by atoms with Crippen LogP contribution in [0.1, 0.15) is 42.0 Å². The zero-order chi connectivity index (χ0) is 21.7. The molecule has 7 heteroatoms. The van der Waals surface area contributed by atoms with Gasteiger partial charge >= 0.3 is 0 Å². The molecule has 5 nitrogen and oxygen atoms in total. The van der Waals surface area contributed by atoms with Crippen molar-refractivity contribution in [1.29, 1.82) is 0 Å². The summed E-state index contributed by atoms with van der Waals surface area (Å²) in [5.74, 6) is 0.224. The van der Waals surface area contributed by atoms with Crippen molar-refractivity contribution in [1.82, 2.24) is 10.5 Å². The number of hydrogen-bond acceptors (Lipinski definition) is 4. The first-order chi connectivity index (χ1) is 14.3. The quantitative estimate of drug-likeness (QED) is 0.319. The molecular weight excluding hydrogens is 388 g/mol. The second-order valence-corrected chi connectivity index (χ2v) is 7.28. The van der Waals surface area contributed by atoms with E-state index in [9.17, 15) is 14.0 Å². The van der Waals surface area contributed by atoms with E-state index < -0.39 is 11.6 Å². The Bertz CT molecular complexity index is 1030. The Morgan fingerprint density at radius 2 is 1.83 bits per heavy atom. The van der Waals surface area contributed by atoms with Crippen LogP contribution in [0.3, 0.4) is 0 Å². The topological polar surface area (TPSA) is 66.7 Å². The smallest absolute Gasteiger partial charge is 0.219 e. The molecule has 156 valence electrons. The number of aryl methyl sites for hydroxylation is 1. The van der Waals surface area contributed by atoms with Gasteiger partial charge in [0.1, 0.15) is 17.4 Å². The van der Waals surface area contributed by atoms with Crippen molar-refractivity contribution in [2.75, 3.05) is 0 Å². The molecule has 0 aliphatic rings. The van der Waals surface area contributed by atoms with Gasteiger partial charge in [-0.05, 0) is 59.9 Å². The van der Waals surface area contributed by atoms with Crippen LogP contribution < -0.4 is 10.2 Å². The number of ether oxygens (including phenoxy) is 1. The fourth-order valence-electron chi connectivity index (χ4n) is 2.93. The highest BCUT2D eigenvalue weighted by molar-refractivity contribution is 5.97. The summed E-state index contributed by atoms with van der Waals surface area (Å²) in [6.07, 6.45) is 1.49. The molecule has 3 aromatic rings. The zero-order valence-electron chi connectivity index (χ0n) is 17.0. The standard InChI is InChI=1S/C23H23F2N3O2/c1-14(2)18-6-15(3)7-21(10-18)30-22-5-4-17(13-26-22)23(28-29)27-12-16-8-19(24)11-20(25)9-16/h4-11,13-14,29H,12H2,1-3H3,(H,27,28). The van der Waals surface area contributed by atoms with Crippen LogP contribution in [0.2, 0.25) is 0 Å². The molecule has 0 unspecified atom stereocenters. The molecule has 0 saturated heterocycles. The summed E-state index contributed by atoms with van der Waals surface area (Å²) >= 11 is 0. The molecular formula is C23H23F2N3O2. The number of hydroxylamine groups is 1. The van der Waals surface area contributed by atoms with Crippen LogP contribution in [-0.2, 0) is 6.54 Å². The molecule has 0 saturated carbocycles. The summed E-state index contributed by atoms with van der Waals surface area (Å²) in [6, 6.07) is 12.5. The number of pyridine rings is 1. The highest BCUT2D eigenvalue weighted by atomic mass is 19.1. The number of hydrogen-bond donors (Lipinski definition) is 2. The molecule has 2 N–H and O–H groups in total. The first kappa shape index (κ1) is 21.4. The van der Waals surface area contributed by atoms with Crippen LogP contribution in [0.5, 0.6) is 11.6 Å². The molecule has 0 fully saturated rings. The van der Waals surface area contributed by atoms with Gasteiger partial charge in [0.05, 0.1) is 6.54 Å². The highest BCUT2D eigenvalue weighted by Crippen LogP contribution is 2.26. The largest absolute Gasteiger partial charge is 0.439 e. The lowest BCUT2D eigenvalue weighted by Gasteiger charge is -2.11. The molecule has 2 aromatic carbocycles. The van der Waals surface area contributed by atoms with Gasteiger partial charge in [-0.1, -0.05) is 19.9 Å². The third kappa shape index (κ3) is 5.61. The molecule has 0 amide bonds. The van der Waals surface area contributed by atoms with Gasteiger partial charge < -0.3 is 4.74 Å². The van der Waals surface area contributed by atoms with Crippen molar-refractivity contribution in [3.63, 3.8) is 0 Å². The minimum atomic E-state index is -0.682. The van der Waals surface area contributed by atoms with E-state index in [0.29, 0.717) is 28.7 Å². The number of rotatable bonds is 6. The molecule has 0 radical (unpaired) electrons. The molecule has 0 atom stereocenters. The van der Waals surface area contributed by atoms with Gasteiger partial charge in [-0.15, -0.1) is 0 Å². The third-order valence-electron chi connectivity index (χ3n) is 4.42. The number of amidine groups is 1. The predicted octanol–water partition coefficient (Wildman–Crippen LogP) is 5.51. The fraction of sp³-hybridized carbons (Fsp3) is 0.217. The van der Waals surface area contributed by atoms with Crippen molar-refractivity contribution in [3.8, 4) is 11.6 Å². The number of aromatic nitrogens is 1. The van der Waals surface area contributed by atoms with Gasteiger partial charge in [0.15, 0.2) is 5.84 Å². The van der Waals surface area contributed by atoms with E-state index in [0.717, 1.165) is 11.6 Å². The van der Waals surface area contributed by atoms with Crippen LogP contribution >= 0.6 is 0 Å². The average Bonchev–Trinajstić information content (AvgIpc) is 2.68. The monoisotopic (exact) mass is 411 g/mol. The molecule has 30 heavy (non-hydrogen) atoms. The molecule has 3 rings (SSSR count). The van der Waals surface area contributed by atoms with Crippen LogP contribution in [0.15, 0.2) is 59.7 Å². The van der Waals surface area contributed by atoms with E-state index >= 15 is 0 Å². The number of nitrogens with one attached hydrogen (secondary N) is 1. The summed E-state index contributed by atoms with van der Waals surface area (Å²) in [6.45, 7) is 6.23. The van der Waals surface area contributed by atoms with Crippen molar-refractivity contribution >= 4 is 5.84 Å². The predicted molar refractivity (Wildman–Crippen MR) is 111 cm³/mol. The van der Waals surface area contributed by atoms with Gasteiger partial charge in [0.2, 0.25) is 5.88 Å². The second kappa shape index (κ2) is 9.45. The molecule has 0 aliphatic heterocycles. The normalized spacial score (nSPS) is 11.6. The molecule has 0 bridgehead atoms. The fourth-order valence-corrected chi connectivity index (χ4v) is 2.93. The Morgan fingerprint density at radius 1 is 1.10 bits per heavy atom. The number of nitrogens with zero attached hydrogens (tertiary/aromatic N) is 2. The Hall–Kier alpha value is -3.32. The van der Waals surface area contributed by atoms with E-state index in [-0.39, 0.29) is 12.4 Å². The first-order valence-electron chi connectivity index (χ1n) is 9.49. The van der Waals surface area contributed by atoms with E-state index in [4.69, 9.17) is 4.74 Å². The first-order valence-corrected chi connectivity index (χ1v) is 9.49. The summed E-state index contributed by atoms with van der Waals surface area (Å²) in [7, 11) is 0. The van der Waals surface area contributed by atoms with Gasteiger partial charge in [0, 0.05) is 23.9 Å². The summed E-state index contributed by atoms with van der Waals surface area (Å²) in [5.41, 5.74) is 5.10. The lowest BCUT2D eigenvalue weighted by atomic mass is 10.0. The maximum atomic E-state index is 13.3. The minimum Gasteiger partial charge on any atom is -0.439 e. The van der Waals surface area contributed by atoms with Gasteiger partial charge in [-0.25, -0.2) is 13.8 Å². The summed E-state index contributed by atoms with van der Waals surface area (Å²) in [5, 5.41) is 9.40. The van der Waals surface area contributed by atoms with Crippen molar-refractivity contribution < 1.29 is 18.7 Å². The number of benzene rings is 2. The second-order valence-electron chi connectivity index (χ2n) is 7.28. The SMILES string of the molecule is Cc1cc(Oc2ccc(C(=NCc3cc(F)cc(F)c3)NO)cn2)cc(C(C)C)c1. The van der Waals surface area contributed by atoms with E-state index in [1.807, 2.05) is 24.5 Å². The Morgan fingerprint density at radius 3 is 2.43 bits per heavy atom. The van der Waals surface area contributed by atoms with Crippen LogP contribution in [0, 0.1) is 18.6 Å². The van der Waals surface area contributed by atoms with E-state index in [1.165, 1.54) is 23.9 Å². The van der Waals surface area contributed by atoms with Crippen LogP contribution in [0.4, 0.5) is 8.78 Å². The van der Waals surface area contributed by atoms with Crippen molar-refractivity contribution in [3.05, 3.63) is 88.6 Å². The highest BCUT2D eigenvalue weighted by Gasteiger charge is 2.08. The molecule has 0 aliphatic carbocycles. The molecule has 0 spiro atoms. The minimum absolute atomic E-state index is 0.0168. The van der Waals surface area contributed by atoms with Gasteiger partial charge in [0.25, 0.3) is 0 Å². The van der Waals surface area contributed by atoms with Crippen molar-refractivity contribution in [2.45, 2.75) is 33.2 Å². The Labute approximate surface area is 174 Å². The Kier molecular flexibility index (Phi) is 6.74. The maximum absolute atomic E-state index is 13.3. The summed E-state index contributed by atoms with van der Waals surface area (Å²) in [4.78, 5) is 8.42. The zero-order valence-corrected chi connectivity index (χ0v) is 17.0. The lowest BCUT2D eigenvalue weighted by molar-refractivity contribution is 0.234. The number of halogens is 2. The van der Waals surface area contributed by atoms with Crippen LogP contribution in [0.25, 0.3) is 0 Å². The van der Waals surface area contributed by atoms with Gasteiger partial charge in [-0.3, -0.25) is 15.7 Å². The van der Waals surface area contributed by atoms with E-state index in [2.05, 4.69) is 29.9 Å². The number of aliphatic imine (C=N–C) groups is 1. The van der Waals surface area contributed by atoms with Crippen LogP contribution in [-0.4, -0.2) is 16.0 Å². The average molecular weight is 411 g/mol. The Balaban J connectivity index is 1.75. The van der Waals surface area contributed by atoms with E-state index in [1.54, 1.807) is 12.1 Å². The summed E-state index contributed by atoms with van der Waals surface area (Å²) < 4.78 is 32.5. The maximum Gasteiger partial charge on any atom is 0.219 e. The molecule has 1 heterocycles.